The summed E-state index contributed by atoms with van der Waals surface area (Å²) in [6.45, 7) is 5.09. The fraction of sp³-hybridized carbons (Fsp3) is 0.316. The lowest BCUT2D eigenvalue weighted by Gasteiger charge is -2.05. The van der Waals surface area contributed by atoms with Crippen molar-refractivity contribution in [1.29, 1.82) is 0 Å². The molecule has 7 heteroatoms. The summed E-state index contributed by atoms with van der Waals surface area (Å²) in [4.78, 5) is 36.3. The maximum Gasteiger partial charge on any atom is 0.348 e. The predicted molar refractivity (Wildman–Crippen MR) is 99.7 cm³/mol. The molecule has 0 aliphatic carbocycles. The first-order valence-electron chi connectivity index (χ1n) is 8.23. The lowest BCUT2D eigenvalue weighted by molar-refractivity contribution is -0.114. The number of amides is 1. The fourth-order valence-corrected chi connectivity index (χ4v) is 3.51. The Morgan fingerprint density at radius 2 is 1.77 bits per heavy atom. The van der Waals surface area contributed by atoms with Crippen LogP contribution in [0.1, 0.15) is 45.0 Å². The SMILES string of the molecule is CCOC(=O)c1c(NC(C)=O)sc(C(=O)OCCc2ccccc2)c1C. The molecule has 0 bridgehead atoms. The van der Waals surface area contributed by atoms with Gasteiger partial charge in [-0.1, -0.05) is 30.3 Å². The van der Waals surface area contributed by atoms with Crippen LogP contribution in [0.3, 0.4) is 0 Å². The Morgan fingerprint density at radius 1 is 1.08 bits per heavy atom. The highest BCUT2D eigenvalue weighted by molar-refractivity contribution is 7.18. The van der Waals surface area contributed by atoms with Gasteiger partial charge in [0.25, 0.3) is 0 Å². The van der Waals surface area contributed by atoms with Gasteiger partial charge in [-0.3, -0.25) is 4.79 Å². The maximum absolute atomic E-state index is 12.4. The summed E-state index contributed by atoms with van der Waals surface area (Å²) in [5.74, 6) is -1.43. The third kappa shape index (κ3) is 4.92. The number of hydrogen-bond donors (Lipinski definition) is 1. The van der Waals surface area contributed by atoms with E-state index in [0.717, 1.165) is 16.9 Å². The summed E-state index contributed by atoms with van der Waals surface area (Å²) >= 11 is 1.02. The highest BCUT2D eigenvalue weighted by atomic mass is 32.1. The Hall–Kier alpha value is -2.67. The van der Waals surface area contributed by atoms with Gasteiger partial charge in [0.05, 0.1) is 18.8 Å². The lowest BCUT2D eigenvalue weighted by Crippen LogP contribution is -2.12. The van der Waals surface area contributed by atoms with Gasteiger partial charge in [-0.25, -0.2) is 9.59 Å². The van der Waals surface area contributed by atoms with E-state index in [2.05, 4.69) is 5.32 Å². The monoisotopic (exact) mass is 375 g/mol. The average Bonchev–Trinajstić information content (AvgIpc) is 2.91. The van der Waals surface area contributed by atoms with Crippen LogP contribution in [0.5, 0.6) is 0 Å². The molecule has 0 unspecified atom stereocenters. The molecule has 0 aliphatic heterocycles. The third-order valence-corrected chi connectivity index (χ3v) is 4.76. The topological polar surface area (TPSA) is 81.7 Å². The Morgan fingerprint density at radius 3 is 2.38 bits per heavy atom. The van der Waals surface area contributed by atoms with E-state index in [1.165, 1.54) is 6.92 Å². The highest BCUT2D eigenvalue weighted by Gasteiger charge is 2.26. The summed E-state index contributed by atoms with van der Waals surface area (Å²) < 4.78 is 10.4. The van der Waals surface area contributed by atoms with Crippen molar-refractivity contribution in [3.8, 4) is 0 Å². The second kappa shape index (κ2) is 9.15. The smallest absolute Gasteiger partial charge is 0.348 e. The Bertz CT molecular complexity index is 798. The first kappa shape index (κ1) is 19.7. The van der Waals surface area contributed by atoms with Gasteiger partial charge >= 0.3 is 11.9 Å². The summed E-state index contributed by atoms with van der Waals surface area (Å²) in [5, 5.41) is 2.88. The normalized spacial score (nSPS) is 10.3. The molecule has 0 radical (unpaired) electrons. The number of esters is 2. The molecule has 6 nitrogen and oxygen atoms in total. The van der Waals surface area contributed by atoms with E-state index < -0.39 is 11.9 Å². The molecule has 2 aromatic rings. The fourth-order valence-electron chi connectivity index (χ4n) is 2.38. The standard InChI is InChI=1S/C19H21NO5S/c1-4-24-18(22)15-12(2)16(26-17(15)20-13(3)21)19(23)25-11-10-14-8-6-5-7-9-14/h5-9H,4,10-11H2,1-3H3,(H,20,21). The molecule has 2 rings (SSSR count). The van der Waals surface area contributed by atoms with Crippen molar-refractivity contribution in [2.45, 2.75) is 27.2 Å². The summed E-state index contributed by atoms with van der Waals surface area (Å²) in [7, 11) is 0. The van der Waals surface area contributed by atoms with Gasteiger partial charge in [0, 0.05) is 13.3 Å². The van der Waals surface area contributed by atoms with Crippen LogP contribution in [-0.2, 0) is 20.7 Å². The van der Waals surface area contributed by atoms with Gasteiger partial charge in [0.1, 0.15) is 9.88 Å². The lowest BCUT2D eigenvalue weighted by atomic mass is 10.1. The second-order valence-corrected chi connectivity index (χ2v) is 6.55. The minimum absolute atomic E-state index is 0.196. The molecule has 1 amide bonds. The first-order chi connectivity index (χ1) is 12.4. The molecule has 0 saturated heterocycles. The number of rotatable bonds is 7. The minimum Gasteiger partial charge on any atom is -0.462 e. The third-order valence-electron chi connectivity index (χ3n) is 3.57. The van der Waals surface area contributed by atoms with Crippen LogP contribution in [0.2, 0.25) is 0 Å². The van der Waals surface area contributed by atoms with Gasteiger partial charge in [-0.15, -0.1) is 11.3 Å². The van der Waals surface area contributed by atoms with Gasteiger partial charge < -0.3 is 14.8 Å². The molecule has 1 heterocycles. The number of hydrogen-bond acceptors (Lipinski definition) is 6. The van der Waals surface area contributed by atoms with Crippen LogP contribution in [0.15, 0.2) is 30.3 Å². The molecule has 26 heavy (non-hydrogen) atoms. The molecular formula is C19H21NO5S. The van der Waals surface area contributed by atoms with E-state index in [1.54, 1.807) is 13.8 Å². The maximum atomic E-state index is 12.4. The summed E-state index contributed by atoms with van der Waals surface area (Å²) in [6, 6.07) is 9.68. The summed E-state index contributed by atoms with van der Waals surface area (Å²) in [6.07, 6.45) is 0.598. The zero-order valence-corrected chi connectivity index (χ0v) is 15.8. The van der Waals surface area contributed by atoms with Crippen LogP contribution in [0.25, 0.3) is 0 Å². The van der Waals surface area contributed by atoms with Gasteiger partial charge in [-0.2, -0.15) is 0 Å². The van der Waals surface area contributed by atoms with Crippen LogP contribution in [0.4, 0.5) is 5.00 Å². The van der Waals surface area contributed by atoms with Gasteiger partial charge in [0.2, 0.25) is 5.91 Å². The molecule has 1 aromatic carbocycles. The second-order valence-electron chi connectivity index (χ2n) is 5.53. The molecule has 138 valence electrons. The number of anilines is 1. The van der Waals surface area contributed by atoms with Crippen molar-refractivity contribution in [3.63, 3.8) is 0 Å². The molecule has 0 atom stereocenters. The molecule has 0 fully saturated rings. The van der Waals surface area contributed by atoms with Crippen LogP contribution >= 0.6 is 11.3 Å². The molecule has 1 N–H and O–H groups in total. The molecule has 1 aromatic heterocycles. The Labute approximate surface area is 156 Å². The van der Waals surface area contributed by atoms with E-state index >= 15 is 0 Å². The van der Waals surface area contributed by atoms with E-state index in [4.69, 9.17) is 9.47 Å². The Kier molecular flexibility index (Phi) is 6.91. The van der Waals surface area contributed by atoms with Crippen molar-refractivity contribution in [2.75, 3.05) is 18.5 Å². The van der Waals surface area contributed by atoms with Crippen LogP contribution < -0.4 is 5.32 Å². The average molecular weight is 375 g/mol. The minimum atomic E-state index is -0.576. The molecular weight excluding hydrogens is 354 g/mol. The highest BCUT2D eigenvalue weighted by Crippen LogP contribution is 2.34. The van der Waals surface area contributed by atoms with Crippen molar-refractivity contribution < 1.29 is 23.9 Å². The quantitative estimate of drug-likeness (QED) is 0.748. The van der Waals surface area contributed by atoms with Crippen LogP contribution in [-0.4, -0.2) is 31.1 Å². The van der Waals surface area contributed by atoms with Crippen molar-refractivity contribution in [2.24, 2.45) is 0 Å². The largest absolute Gasteiger partial charge is 0.462 e. The first-order valence-corrected chi connectivity index (χ1v) is 9.04. The summed E-state index contributed by atoms with van der Waals surface area (Å²) in [5.41, 5.74) is 1.71. The van der Waals surface area contributed by atoms with Crippen LogP contribution in [0, 0.1) is 6.92 Å². The zero-order chi connectivity index (χ0) is 19.1. The van der Waals surface area contributed by atoms with Gasteiger partial charge in [0.15, 0.2) is 0 Å². The predicted octanol–water partition coefficient (Wildman–Crippen LogP) is 3.59. The molecule has 0 aliphatic rings. The number of thiophene rings is 1. The van der Waals surface area contributed by atoms with E-state index in [9.17, 15) is 14.4 Å². The van der Waals surface area contributed by atoms with E-state index in [1.807, 2.05) is 30.3 Å². The number of carbonyl (C=O) groups excluding carboxylic acids is 3. The number of carbonyl (C=O) groups is 3. The van der Waals surface area contributed by atoms with E-state index in [0.29, 0.717) is 17.0 Å². The van der Waals surface area contributed by atoms with Crippen molar-refractivity contribution in [3.05, 3.63) is 51.9 Å². The van der Waals surface area contributed by atoms with Crippen molar-refractivity contribution >= 4 is 34.2 Å². The van der Waals surface area contributed by atoms with Crippen molar-refractivity contribution in [1.82, 2.24) is 0 Å². The van der Waals surface area contributed by atoms with E-state index in [-0.39, 0.29) is 29.6 Å². The number of ether oxygens (including phenoxy) is 2. The number of benzene rings is 1. The van der Waals surface area contributed by atoms with Gasteiger partial charge in [-0.05, 0) is 25.0 Å². The molecule has 0 spiro atoms. The molecule has 0 saturated carbocycles. The Balaban J connectivity index is 2.15. The number of nitrogens with one attached hydrogen (secondary N) is 1. The zero-order valence-electron chi connectivity index (χ0n) is 15.0.